The van der Waals surface area contributed by atoms with Crippen molar-refractivity contribution in [3.05, 3.63) is 112 Å². The van der Waals surface area contributed by atoms with Gasteiger partial charge in [-0.25, -0.2) is 10.2 Å². The summed E-state index contributed by atoms with van der Waals surface area (Å²) < 4.78 is 17.0. The minimum Gasteiger partial charge on any atom is -0.497 e. The van der Waals surface area contributed by atoms with Crippen LogP contribution in [0.4, 0.5) is 0 Å². The number of hydrazone groups is 1. The quantitative estimate of drug-likeness (QED) is 0.0908. The standard InChI is InChI=1S/C31H24BrN3O5/c1-38-23-10-6-9-20(16-23)31(37)40-27-14-11-22(32)15-21(27)18-33-35-30(36)29-28(19-7-4-3-5-8-19)25-17-24(39-2)12-13-26(25)34-29/h3-18,34H,1-2H3,(H,35,36). The van der Waals surface area contributed by atoms with Gasteiger partial charge in [0.15, 0.2) is 0 Å². The van der Waals surface area contributed by atoms with Gasteiger partial charge >= 0.3 is 5.97 Å². The van der Waals surface area contributed by atoms with E-state index in [4.69, 9.17) is 14.2 Å². The average molecular weight is 598 g/mol. The SMILES string of the molecule is COc1cccc(C(=O)Oc2ccc(Br)cc2C=NNC(=O)c2[nH]c3ccc(OC)cc3c2-c2ccccc2)c1. The molecule has 2 N–H and O–H groups in total. The van der Waals surface area contributed by atoms with E-state index in [1.807, 2.05) is 48.5 Å². The summed E-state index contributed by atoms with van der Waals surface area (Å²) in [5, 5.41) is 5.01. The number of carbonyl (C=O) groups excluding carboxylic acids is 2. The predicted octanol–water partition coefficient (Wildman–Crippen LogP) is 6.60. The molecule has 5 aromatic rings. The lowest BCUT2D eigenvalue weighted by atomic mass is 10.0. The van der Waals surface area contributed by atoms with Gasteiger partial charge in [-0.05, 0) is 60.2 Å². The third-order valence-corrected chi connectivity index (χ3v) is 6.64. The largest absolute Gasteiger partial charge is 0.497 e. The van der Waals surface area contributed by atoms with E-state index < -0.39 is 11.9 Å². The maximum Gasteiger partial charge on any atom is 0.343 e. The van der Waals surface area contributed by atoms with Gasteiger partial charge in [0.05, 0.1) is 26.0 Å². The molecule has 0 aliphatic heterocycles. The monoisotopic (exact) mass is 597 g/mol. The first-order valence-corrected chi connectivity index (χ1v) is 13.0. The number of aromatic nitrogens is 1. The number of fused-ring (bicyclic) bond motifs is 1. The van der Waals surface area contributed by atoms with Crippen molar-refractivity contribution < 1.29 is 23.8 Å². The van der Waals surface area contributed by atoms with Gasteiger partial charge in [-0.2, -0.15) is 5.10 Å². The summed E-state index contributed by atoms with van der Waals surface area (Å²) in [5.41, 5.74) is 6.15. The van der Waals surface area contributed by atoms with Crippen molar-refractivity contribution in [3.8, 4) is 28.4 Å². The Morgan fingerprint density at radius 1 is 0.875 bits per heavy atom. The highest BCUT2D eigenvalue weighted by Crippen LogP contribution is 2.34. The molecule has 5 rings (SSSR count). The molecule has 200 valence electrons. The van der Waals surface area contributed by atoms with Crippen molar-refractivity contribution >= 4 is 44.9 Å². The molecule has 0 radical (unpaired) electrons. The predicted molar refractivity (Wildman–Crippen MR) is 157 cm³/mol. The molecule has 1 aromatic heterocycles. The molecule has 0 saturated heterocycles. The highest BCUT2D eigenvalue weighted by atomic mass is 79.9. The zero-order chi connectivity index (χ0) is 28.1. The van der Waals surface area contributed by atoms with Gasteiger partial charge in [-0.15, -0.1) is 0 Å². The van der Waals surface area contributed by atoms with E-state index in [0.29, 0.717) is 28.3 Å². The number of methoxy groups -OCH3 is 2. The molecule has 1 amide bonds. The number of benzene rings is 4. The molecule has 40 heavy (non-hydrogen) atoms. The van der Waals surface area contributed by atoms with Crippen LogP contribution in [-0.2, 0) is 0 Å². The first kappa shape index (κ1) is 26.7. The minimum absolute atomic E-state index is 0.275. The molecule has 0 bridgehead atoms. The summed E-state index contributed by atoms with van der Waals surface area (Å²) in [6, 6.07) is 27.0. The second kappa shape index (κ2) is 11.9. The minimum atomic E-state index is -0.555. The normalized spacial score (nSPS) is 11.0. The Balaban J connectivity index is 1.41. The van der Waals surface area contributed by atoms with Crippen molar-refractivity contribution in [2.75, 3.05) is 14.2 Å². The van der Waals surface area contributed by atoms with E-state index in [2.05, 4.69) is 31.4 Å². The van der Waals surface area contributed by atoms with Crippen LogP contribution in [0.1, 0.15) is 26.4 Å². The highest BCUT2D eigenvalue weighted by Gasteiger charge is 2.20. The lowest BCUT2D eigenvalue weighted by Crippen LogP contribution is -2.19. The van der Waals surface area contributed by atoms with Gasteiger partial charge in [0.2, 0.25) is 0 Å². The van der Waals surface area contributed by atoms with E-state index in [-0.39, 0.29) is 5.75 Å². The molecule has 0 saturated carbocycles. The number of aromatic amines is 1. The number of amides is 1. The van der Waals surface area contributed by atoms with Crippen LogP contribution in [-0.4, -0.2) is 37.3 Å². The Bertz CT molecular complexity index is 1730. The number of hydrogen-bond donors (Lipinski definition) is 2. The van der Waals surface area contributed by atoms with E-state index in [0.717, 1.165) is 26.5 Å². The number of hydrogen-bond acceptors (Lipinski definition) is 6. The number of nitrogens with one attached hydrogen (secondary N) is 2. The number of H-pyrrole nitrogens is 1. The average Bonchev–Trinajstić information content (AvgIpc) is 3.37. The fourth-order valence-corrected chi connectivity index (χ4v) is 4.59. The third kappa shape index (κ3) is 5.74. The van der Waals surface area contributed by atoms with Gasteiger partial charge in [0.25, 0.3) is 5.91 Å². The van der Waals surface area contributed by atoms with Crippen LogP contribution in [0, 0.1) is 0 Å². The highest BCUT2D eigenvalue weighted by molar-refractivity contribution is 9.10. The first-order valence-electron chi connectivity index (χ1n) is 12.2. The van der Waals surface area contributed by atoms with Crippen LogP contribution in [0.3, 0.4) is 0 Å². The molecule has 9 heteroatoms. The van der Waals surface area contributed by atoms with Crippen LogP contribution < -0.4 is 19.6 Å². The molecule has 8 nitrogen and oxygen atoms in total. The van der Waals surface area contributed by atoms with Crippen molar-refractivity contribution in [1.29, 1.82) is 0 Å². The molecule has 1 heterocycles. The lowest BCUT2D eigenvalue weighted by Gasteiger charge is -2.09. The molecule has 0 atom stereocenters. The molecule has 0 unspecified atom stereocenters. The fraction of sp³-hybridized carbons (Fsp3) is 0.0645. The van der Waals surface area contributed by atoms with Crippen LogP contribution >= 0.6 is 15.9 Å². The summed E-state index contributed by atoms with van der Waals surface area (Å²) in [7, 11) is 3.13. The molecular formula is C31H24BrN3O5. The maximum atomic E-state index is 13.3. The fourth-order valence-electron chi connectivity index (χ4n) is 4.21. The summed E-state index contributed by atoms with van der Waals surface area (Å²) in [6.07, 6.45) is 1.42. The van der Waals surface area contributed by atoms with Gasteiger partial charge in [0, 0.05) is 26.5 Å². The lowest BCUT2D eigenvalue weighted by molar-refractivity contribution is 0.0733. The first-order chi connectivity index (χ1) is 19.5. The number of halogens is 1. The number of rotatable bonds is 8. The van der Waals surface area contributed by atoms with E-state index in [1.165, 1.54) is 13.3 Å². The van der Waals surface area contributed by atoms with Crippen LogP contribution in [0.15, 0.2) is 101 Å². The second-order valence-corrected chi connectivity index (χ2v) is 9.57. The Morgan fingerprint density at radius 2 is 1.65 bits per heavy atom. The summed E-state index contributed by atoms with van der Waals surface area (Å²) in [5.74, 6) is 0.507. The Kier molecular flexibility index (Phi) is 7.93. The van der Waals surface area contributed by atoms with Crippen molar-refractivity contribution in [1.82, 2.24) is 10.4 Å². The molecular weight excluding hydrogens is 574 g/mol. The molecule has 0 spiro atoms. The van der Waals surface area contributed by atoms with E-state index in [9.17, 15) is 9.59 Å². The molecule has 0 aliphatic rings. The van der Waals surface area contributed by atoms with Crippen molar-refractivity contribution in [2.45, 2.75) is 0 Å². The second-order valence-electron chi connectivity index (χ2n) is 8.66. The van der Waals surface area contributed by atoms with Gasteiger partial charge in [-0.3, -0.25) is 4.79 Å². The number of esters is 1. The Hall–Kier alpha value is -4.89. The Labute approximate surface area is 238 Å². The summed E-state index contributed by atoms with van der Waals surface area (Å²) in [6.45, 7) is 0. The maximum absolute atomic E-state index is 13.3. The van der Waals surface area contributed by atoms with Crippen LogP contribution in [0.5, 0.6) is 17.2 Å². The van der Waals surface area contributed by atoms with Gasteiger partial charge in [-0.1, -0.05) is 52.3 Å². The van der Waals surface area contributed by atoms with Crippen LogP contribution in [0.2, 0.25) is 0 Å². The third-order valence-electron chi connectivity index (χ3n) is 6.14. The zero-order valence-corrected chi connectivity index (χ0v) is 23.2. The molecule has 0 fully saturated rings. The van der Waals surface area contributed by atoms with Crippen molar-refractivity contribution in [3.63, 3.8) is 0 Å². The van der Waals surface area contributed by atoms with Gasteiger partial charge < -0.3 is 19.2 Å². The Morgan fingerprint density at radius 3 is 2.42 bits per heavy atom. The topological polar surface area (TPSA) is 102 Å². The number of ether oxygens (including phenoxy) is 3. The smallest absolute Gasteiger partial charge is 0.343 e. The van der Waals surface area contributed by atoms with Crippen molar-refractivity contribution in [2.24, 2.45) is 5.10 Å². The van der Waals surface area contributed by atoms with Crippen LogP contribution in [0.25, 0.3) is 22.0 Å². The number of nitrogens with zero attached hydrogens (tertiary/aromatic N) is 1. The van der Waals surface area contributed by atoms with E-state index in [1.54, 1.807) is 49.6 Å². The van der Waals surface area contributed by atoms with E-state index >= 15 is 0 Å². The summed E-state index contributed by atoms with van der Waals surface area (Å²) in [4.78, 5) is 29.3. The zero-order valence-electron chi connectivity index (χ0n) is 21.6. The van der Waals surface area contributed by atoms with Gasteiger partial charge in [0.1, 0.15) is 22.9 Å². The summed E-state index contributed by atoms with van der Waals surface area (Å²) >= 11 is 3.43. The molecule has 4 aromatic carbocycles. The number of carbonyl (C=O) groups is 2. The molecule has 0 aliphatic carbocycles.